The summed E-state index contributed by atoms with van der Waals surface area (Å²) in [6.07, 6.45) is 1.16. The zero-order valence-corrected chi connectivity index (χ0v) is 16.3. The van der Waals surface area contributed by atoms with Crippen molar-refractivity contribution < 1.29 is 14.3 Å². The Morgan fingerprint density at radius 2 is 1.96 bits per heavy atom. The molecule has 0 spiro atoms. The molecule has 0 fully saturated rings. The van der Waals surface area contributed by atoms with Gasteiger partial charge in [-0.3, -0.25) is 9.59 Å². The lowest BCUT2D eigenvalue weighted by molar-refractivity contribution is -0.115. The third kappa shape index (κ3) is 3.77. The van der Waals surface area contributed by atoms with Crippen molar-refractivity contribution in [3.63, 3.8) is 0 Å². The van der Waals surface area contributed by atoms with Crippen molar-refractivity contribution in [2.24, 2.45) is 0 Å². The third-order valence-corrected chi connectivity index (χ3v) is 5.64. The fourth-order valence-corrected chi connectivity index (χ4v) is 4.04. The van der Waals surface area contributed by atoms with Gasteiger partial charge in [-0.05, 0) is 59.8 Å². The van der Waals surface area contributed by atoms with Crippen LogP contribution in [0.15, 0.2) is 60.0 Å². The number of nitrogens with one attached hydrogen (secondary N) is 1. The number of methoxy groups -OCH3 is 1. The van der Waals surface area contributed by atoms with E-state index in [9.17, 15) is 9.59 Å². The molecule has 2 heterocycles. The minimum absolute atomic E-state index is 0.0523. The molecule has 1 aliphatic heterocycles. The number of carbonyl (C=O) groups is 2. The Hall–Kier alpha value is -3.12. The molecule has 6 heteroatoms. The molecule has 1 aliphatic rings. The average Bonchev–Trinajstić information content (AvgIpc) is 3.37. The molecule has 0 radical (unpaired) electrons. The first-order chi connectivity index (χ1) is 13.6. The predicted octanol–water partition coefficient (Wildman–Crippen LogP) is 4.14. The van der Waals surface area contributed by atoms with Crippen molar-refractivity contribution in [3.05, 3.63) is 76.0 Å². The minimum Gasteiger partial charge on any atom is -0.497 e. The van der Waals surface area contributed by atoms with Gasteiger partial charge in [0.05, 0.1) is 13.5 Å². The van der Waals surface area contributed by atoms with Crippen LogP contribution in [0.5, 0.6) is 5.75 Å². The van der Waals surface area contributed by atoms with Gasteiger partial charge < -0.3 is 15.0 Å². The minimum atomic E-state index is -0.0616. The van der Waals surface area contributed by atoms with Gasteiger partial charge in [0, 0.05) is 28.4 Å². The second-order valence-corrected chi connectivity index (χ2v) is 7.62. The van der Waals surface area contributed by atoms with Crippen molar-refractivity contribution in [1.82, 2.24) is 0 Å². The van der Waals surface area contributed by atoms with Crippen LogP contribution in [0.25, 0.3) is 0 Å². The normalized spacial score (nSPS) is 12.5. The number of nitrogens with zero attached hydrogens (tertiary/aromatic N) is 1. The number of amides is 2. The van der Waals surface area contributed by atoms with Crippen LogP contribution in [0.3, 0.4) is 0 Å². The van der Waals surface area contributed by atoms with Gasteiger partial charge in [-0.15, -0.1) is 11.3 Å². The van der Waals surface area contributed by atoms with Crippen molar-refractivity contribution in [2.75, 3.05) is 23.9 Å². The summed E-state index contributed by atoms with van der Waals surface area (Å²) in [4.78, 5) is 28.0. The van der Waals surface area contributed by atoms with Gasteiger partial charge in [0.1, 0.15) is 5.75 Å². The van der Waals surface area contributed by atoms with Gasteiger partial charge in [0.25, 0.3) is 5.91 Å². The molecule has 0 saturated heterocycles. The van der Waals surface area contributed by atoms with E-state index in [0.29, 0.717) is 30.0 Å². The number of carbonyl (C=O) groups excluding carboxylic acids is 2. The zero-order valence-electron chi connectivity index (χ0n) is 15.5. The van der Waals surface area contributed by atoms with Crippen LogP contribution in [0.4, 0.5) is 11.4 Å². The molecule has 4 rings (SSSR count). The molecule has 2 amide bonds. The Bertz CT molecular complexity index is 997. The highest BCUT2D eigenvalue weighted by Gasteiger charge is 2.26. The maximum absolute atomic E-state index is 13.0. The maximum atomic E-state index is 13.0. The number of hydrogen-bond acceptors (Lipinski definition) is 4. The SMILES string of the molecule is COc1ccc(C(=O)N2CCc3ccc(NC(=O)Cc4cccs4)cc32)cc1. The highest BCUT2D eigenvalue weighted by molar-refractivity contribution is 7.10. The Morgan fingerprint density at radius 3 is 2.68 bits per heavy atom. The van der Waals surface area contributed by atoms with Gasteiger partial charge in [0.2, 0.25) is 5.91 Å². The topological polar surface area (TPSA) is 58.6 Å². The van der Waals surface area contributed by atoms with E-state index in [0.717, 1.165) is 22.5 Å². The van der Waals surface area contributed by atoms with Crippen LogP contribution in [0.2, 0.25) is 0 Å². The first-order valence-corrected chi connectivity index (χ1v) is 9.93. The van der Waals surface area contributed by atoms with E-state index in [2.05, 4.69) is 5.32 Å². The molecule has 142 valence electrons. The standard InChI is InChI=1S/C22H20N2O3S/c1-27-18-8-5-16(6-9-18)22(26)24-11-10-15-4-7-17(13-20(15)24)23-21(25)14-19-3-2-12-28-19/h2-9,12-13H,10-11,14H2,1H3,(H,23,25). The van der Waals surface area contributed by atoms with Gasteiger partial charge in [-0.2, -0.15) is 0 Å². The molecule has 5 nitrogen and oxygen atoms in total. The molecule has 0 bridgehead atoms. The lowest BCUT2D eigenvalue weighted by Crippen LogP contribution is -2.28. The van der Waals surface area contributed by atoms with Gasteiger partial charge >= 0.3 is 0 Å². The van der Waals surface area contributed by atoms with E-state index in [1.54, 1.807) is 47.6 Å². The van der Waals surface area contributed by atoms with Crippen LogP contribution >= 0.6 is 11.3 Å². The predicted molar refractivity (Wildman–Crippen MR) is 111 cm³/mol. The monoisotopic (exact) mass is 392 g/mol. The summed E-state index contributed by atoms with van der Waals surface area (Å²) in [5, 5.41) is 4.90. The molecular formula is C22H20N2O3S. The summed E-state index contributed by atoms with van der Waals surface area (Å²) in [6.45, 7) is 0.632. The highest BCUT2D eigenvalue weighted by atomic mass is 32.1. The number of ether oxygens (including phenoxy) is 1. The summed E-state index contributed by atoms with van der Waals surface area (Å²) >= 11 is 1.56. The molecule has 0 unspecified atom stereocenters. The van der Waals surface area contributed by atoms with Crippen LogP contribution in [-0.2, 0) is 17.6 Å². The fraction of sp³-hybridized carbons (Fsp3) is 0.182. The molecule has 2 aromatic carbocycles. The van der Waals surface area contributed by atoms with E-state index in [4.69, 9.17) is 4.74 Å². The van der Waals surface area contributed by atoms with Gasteiger partial charge in [0.15, 0.2) is 0 Å². The number of benzene rings is 2. The summed E-state index contributed by atoms with van der Waals surface area (Å²) in [5.74, 6) is 0.603. The lowest BCUT2D eigenvalue weighted by atomic mass is 10.1. The maximum Gasteiger partial charge on any atom is 0.258 e. The first-order valence-electron chi connectivity index (χ1n) is 9.05. The van der Waals surface area contributed by atoms with Gasteiger partial charge in [-0.1, -0.05) is 12.1 Å². The molecule has 1 N–H and O–H groups in total. The van der Waals surface area contributed by atoms with E-state index < -0.39 is 0 Å². The Kier molecular flexibility index (Phi) is 5.12. The Morgan fingerprint density at radius 1 is 1.14 bits per heavy atom. The largest absolute Gasteiger partial charge is 0.497 e. The van der Waals surface area contributed by atoms with Crippen LogP contribution in [0, 0.1) is 0 Å². The lowest BCUT2D eigenvalue weighted by Gasteiger charge is -2.18. The number of thiophene rings is 1. The second-order valence-electron chi connectivity index (χ2n) is 6.58. The van der Waals surface area contributed by atoms with Crippen LogP contribution in [-0.4, -0.2) is 25.5 Å². The van der Waals surface area contributed by atoms with E-state index in [-0.39, 0.29) is 11.8 Å². The second kappa shape index (κ2) is 7.86. The summed E-state index contributed by atoms with van der Waals surface area (Å²) in [6, 6.07) is 16.8. The van der Waals surface area contributed by atoms with E-state index in [1.807, 2.05) is 35.7 Å². The average molecular weight is 392 g/mol. The van der Waals surface area contributed by atoms with Crippen molar-refractivity contribution >= 4 is 34.5 Å². The zero-order chi connectivity index (χ0) is 19.5. The third-order valence-electron chi connectivity index (χ3n) is 4.76. The van der Waals surface area contributed by atoms with Crippen molar-refractivity contribution in [3.8, 4) is 5.75 Å². The molecule has 0 saturated carbocycles. The molecule has 0 atom stereocenters. The first kappa shape index (κ1) is 18.3. The molecule has 0 aliphatic carbocycles. The molecular weight excluding hydrogens is 372 g/mol. The quantitative estimate of drug-likeness (QED) is 0.710. The van der Waals surface area contributed by atoms with E-state index >= 15 is 0 Å². The number of anilines is 2. The number of fused-ring (bicyclic) bond motifs is 1. The van der Waals surface area contributed by atoms with Crippen LogP contribution < -0.4 is 15.0 Å². The summed E-state index contributed by atoms with van der Waals surface area (Å²) in [7, 11) is 1.60. The smallest absolute Gasteiger partial charge is 0.258 e. The van der Waals surface area contributed by atoms with Crippen molar-refractivity contribution in [1.29, 1.82) is 0 Å². The summed E-state index contributed by atoms with van der Waals surface area (Å²) in [5.41, 5.74) is 3.28. The highest BCUT2D eigenvalue weighted by Crippen LogP contribution is 2.32. The Labute approximate surface area is 167 Å². The fourth-order valence-electron chi connectivity index (χ4n) is 3.33. The molecule has 1 aromatic heterocycles. The summed E-state index contributed by atoms with van der Waals surface area (Å²) < 4.78 is 5.16. The molecule has 3 aromatic rings. The number of rotatable bonds is 5. The number of hydrogen-bond donors (Lipinski definition) is 1. The van der Waals surface area contributed by atoms with Gasteiger partial charge in [-0.25, -0.2) is 0 Å². The van der Waals surface area contributed by atoms with E-state index in [1.165, 1.54) is 0 Å². The molecule has 28 heavy (non-hydrogen) atoms. The van der Waals surface area contributed by atoms with Crippen molar-refractivity contribution in [2.45, 2.75) is 12.8 Å². The Balaban J connectivity index is 1.51. The van der Waals surface area contributed by atoms with Crippen LogP contribution in [0.1, 0.15) is 20.8 Å².